The summed E-state index contributed by atoms with van der Waals surface area (Å²) in [7, 11) is 0. The summed E-state index contributed by atoms with van der Waals surface area (Å²) in [5.74, 6) is 0.886. The summed E-state index contributed by atoms with van der Waals surface area (Å²) < 4.78 is 5.85. The van der Waals surface area contributed by atoms with Crippen molar-refractivity contribution in [1.29, 1.82) is 0 Å². The van der Waals surface area contributed by atoms with Crippen molar-refractivity contribution in [3.05, 3.63) is 15.6 Å². The minimum Gasteiger partial charge on any atom is -0.371 e. The zero-order valence-corrected chi connectivity index (χ0v) is 12.7. The number of fused-ring (bicyclic) bond motifs is 1. The Kier molecular flexibility index (Phi) is 3.26. The Balaban J connectivity index is 1.91. The summed E-state index contributed by atoms with van der Waals surface area (Å²) in [6.07, 6.45) is 4.14. The molecule has 1 aromatic heterocycles. The lowest BCUT2D eigenvalue weighted by molar-refractivity contribution is 0.0460. The number of Topliss-reactive ketones (excluding diaryl/α,β-unsaturated/α-hetero) is 1. The Morgan fingerprint density at radius 1 is 1.42 bits per heavy atom. The van der Waals surface area contributed by atoms with Crippen molar-refractivity contribution in [2.75, 3.05) is 6.61 Å². The van der Waals surface area contributed by atoms with E-state index in [4.69, 9.17) is 9.72 Å². The lowest BCUT2D eigenvalue weighted by atomic mass is 9.78. The zero-order chi connectivity index (χ0) is 13.6. The summed E-state index contributed by atoms with van der Waals surface area (Å²) in [6.45, 7) is 7.03. The van der Waals surface area contributed by atoms with E-state index in [-0.39, 0.29) is 17.3 Å². The maximum absolute atomic E-state index is 12.2. The molecule has 0 spiro atoms. The first-order valence-electron chi connectivity index (χ1n) is 7.14. The van der Waals surface area contributed by atoms with E-state index in [0.29, 0.717) is 18.9 Å². The molecule has 0 bridgehead atoms. The van der Waals surface area contributed by atoms with Gasteiger partial charge in [0, 0.05) is 13.0 Å². The lowest BCUT2D eigenvalue weighted by Crippen LogP contribution is -2.26. The third-order valence-corrected chi connectivity index (χ3v) is 5.09. The van der Waals surface area contributed by atoms with E-state index in [1.165, 1.54) is 12.8 Å². The molecular formula is C15H21NO2S. The van der Waals surface area contributed by atoms with Crippen molar-refractivity contribution in [2.24, 2.45) is 11.3 Å². The lowest BCUT2D eigenvalue weighted by Gasteiger charge is -2.26. The van der Waals surface area contributed by atoms with E-state index in [1.54, 1.807) is 11.3 Å². The fourth-order valence-electron chi connectivity index (χ4n) is 2.85. The number of nitrogens with zero attached hydrogens (tertiary/aromatic N) is 1. The van der Waals surface area contributed by atoms with Gasteiger partial charge in [0.05, 0.1) is 10.6 Å². The van der Waals surface area contributed by atoms with E-state index >= 15 is 0 Å². The Bertz CT molecular complexity index is 502. The number of carbonyl (C=O) groups excluding carboxylic acids is 1. The topological polar surface area (TPSA) is 39.2 Å². The number of rotatable bonds is 4. The third kappa shape index (κ3) is 2.61. The molecule has 1 heterocycles. The summed E-state index contributed by atoms with van der Waals surface area (Å²) in [5, 5.41) is 1.03. The van der Waals surface area contributed by atoms with E-state index < -0.39 is 0 Å². The van der Waals surface area contributed by atoms with Crippen LogP contribution in [0.5, 0.6) is 0 Å². The molecule has 0 N–H and O–H groups in total. The van der Waals surface area contributed by atoms with Gasteiger partial charge in [0.1, 0.15) is 11.1 Å². The normalized spacial score (nSPS) is 23.2. The quantitative estimate of drug-likeness (QED) is 0.842. The zero-order valence-electron chi connectivity index (χ0n) is 11.9. The van der Waals surface area contributed by atoms with E-state index in [0.717, 1.165) is 22.0 Å². The van der Waals surface area contributed by atoms with Gasteiger partial charge in [0.25, 0.3) is 0 Å². The van der Waals surface area contributed by atoms with Crippen molar-refractivity contribution in [2.45, 2.75) is 52.6 Å². The molecule has 3 nitrogen and oxygen atoms in total. The molecule has 19 heavy (non-hydrogen) atoms. The van der Waals surface area contributed by atoms with E-state index in [2.05, 4.69) is 13.8 Å². The highest BCUT2D eigenvalue weighted by Crippen LogP contribution is 2.46. The molecule has 4 heteroatoms. The first-order valence-corrected chi connectivity index (χ1v) is 7.96. The maximum atomic E-state index is 12.2. The minimum atomic E-state index is 0.0517. The van der Waals surface area contributed by atoms with E-state index in [1.807, 2.05) is 6.92 Å². The fraction of sp³-hybridized carbons (Fsp3) is 0.733. The molecule has 0 saturated heterocycles. The Labute approximate surface area is 118 Å². The third-order valence-electron chi connectivity index (χ3n) is 3.89. The predicted octanol–water partition coefficient (Wildman–Crippen LogP) is 3.79. The molecule has 2 aliphatic rings. The van der Waals surface area contributed by atoms with Gasteiger partial charge in [-0.15, -0.1) is 11.3 Å². The number of ketones is 1. The van der Waals surface area contributed by atoms with Crippen LogP contribution in [0.3, 0.4) is 0 Å². The maximum Gasteiger partial charge on any atom is 0.175 e. The smallest absolute Gasteiger partial charge is 0.175 e. The van der Waals surface area contributed by atoms with Crippen molar-refractivity contribution >= 4 is 17.1 Å². The largest absolute Gasteiger partial charge is 0.371 e. The van der Waals surface area contributed by atoms with Crippen LogP contribution in [0, 0.1) is 11.3 Å². The SMILES string of the molecule is CCOC(c1nc2c(s1)C(=O)CC(C)(C)C2)C1CC1. The van der Waals surface area contributed by atoms with Gasteiger partial charge in [0.15, 0.2) is 5.78 Å². The molecule has 104 valence electrons. The predicted molar refractivity (Wildman–Crippen MR) is 75.6 cm³/mol. The molecule has 1 fully saturated rings. The van der Waals surface area contributed by atoms with Crippen LogP contribution >= 0.6 is 11.3 Å². The van der Waals surface area contributed by atoms with E-state index in [9.17, 15) is 4.79 Å². The Hall–Kier alpha value is -0.740. The number of thiazole rings is 1. The van der Waals surface area contributed by atoms with Gasteiger partial charge in [-0.1, -0.05) is 13.8 Å². The minimum absolute atomic E-state index is 0.0517. The van der Waals surface area contributed by atoms with Gasteiger partial charge in [-0.3, -0.25) is 4.79 Å². The van der Waals surface area contributed by atoms with Gasteiger partial charge in [0.2, 0.25) is 0 Å². The monoisotopic (exact) mass is 279 g/mol. The standard InChI is InChI=1S/C15H21NO2S/c1-4-18-12(9-5-6-9)14-16-10-7-15(2,3)8-11(17)13(10)19-14/h9,12H,4-8H2,1-3H3. The van der Waals surface area contributed by atoms with Crippen molar-refractivity contribution < 1.29 is 9.53 Å². The molecule has 2 aliphatic carbocycles. The molecule has 1 aromatic rings. The van der Waals surface area contributed by atoms with Crippen molar-refractivity contribution in [3.63, 3.8) is 0 Å². The molecule has 0 amide bonds. The molecule has 3 rings (SSSR count). The van der Waals surface area contributed by atoms with Crippen LogP contribution in [0.25, 0.3) is 0 Å². The summed E-state index contributed by atoms with van der Waals surface area (Å²) in [6, 6.07) is 0. The van der Waals surface area contributed by atoms with Crippen molar-refractivity contribution in [3.8, 4) is 0 Å². The highest BCUT2D eigenvalue weighted by molar-refractivity contribution is 7.14. The van der Waals surface area contributed by atoms with Gasteiger partial charge in [-0.25, -0.2) is 4.98 Å². The van der Waals surface area contributed by atoms with Gasteiger partial charge >= 0.3 is 0 Å². The highest BCUT2D eigenvalue weighted by atomic mass is 32.1. The van der Waals surface area contributed by atoms with Gasteiger partial charge in [-0.05, 0) is 37.5 Å². The molecular weight excluding hydrogens is 258 g/mol. The molecule has 1 unspecified atom stereocenters. The molecule has 1 saturated carbocycles. The first kappa shape index (κ1) is 13.3. The second kappa shape index (κ2) is 4.67. The van der Waals surface area contributed by atoms with Crippen LogP contribution in [0.4, 0.5) is 0 Å². The van der Waals surface area contributed by atoms with Crippen LogP contribution in [-0.2, 0) is 11.2 Å². The number of hydrogen-bond acceptors (Lipinski definition) is 4. The van der Waals surface area contributed by atoms with Crippen LogP contribution in [-0.4, -0.2) is 17.4 Å². The highest BCUT2D eigenvalue weighted by Gasteiger charge is 2.39. The molecule has 0 aliphatic heterocycles. The Morgan fingerprint density at radius 3 is 2.79 bits per heavy atom. The average molecular weight is 279 g/mol. The molecule has 1 atom stereocenters. The van der Waals surface area contributed by atoms with Crippen molar-refractivity contribution in [1.82, 2.24) is 4.98 Å². The number of hydrogen-bond donors (Lipinski definition) is 0. The van der Waals surface area contributed by atoms with Gasteiger partial charge < -0.3 is 4.74 Å². The van der Waals surface area contributed by atoms with Crippen LogP contribution in [0.2, 0.25) is 0 Å². The number of carbonyl (C=O) groups is 1. The van der Waals surface area contributed by atoms with Gasteiger partial charge in [-0.2, -0.15) is 0 Å². The second-order valence-electron chi connectivity index (χ2n) is 6.48. The average Bonchev–Trinajstić information content (AvgIpc) is 3.05. The first-order chi connectivity index (χ1) is 9.00. The summed E-state index contributed by atoms with van der Waals surface area (Å²) in [5.41, 5.74) is 1.06. The summed E-state index contributed by atoms with van der Waals surface area (Å²) >= 11 is 1.57. The van der Waals surface area contributed by atoms with Crippen LogP contribution in [0.1, 0.15) is 66.5 Å². The molecule has 0 radical (unpaired) electrons. The fourth-order valence-corrected chi connectivity index (χ4v) is 4.01. The van der Waals surface area contributed by atoms with Crippen LogP contribution < -0.4 is 0 Å². The van der Waals surface area contributed by atoms with Crippen LogP contribution in [0.15, 0.2) is 0 Å². The second-order valence-corrected chi connectivity index (χ2v) is 7.51. The number of aromatic nitrogens is 1. The Morgan fingerprint density at radius 2 is 2.16 bits per heavy atom. The number of ether oxygens (including phenoxy) is 1. The molecule has 0 aromatic carbocycles. The summed E-state index contributed by atoms with van der Waals surface area (Å²) in [4.78, 5) is 17.8.